The van der Waals surface area contributed by atoms with Crippen LogP contribution in [0.25, 0.3) is 0 Å². The van der Waals surface area contributed by atoms with Crippen LogP contribution in [0.4, 0.5) is 5.82 Å². The fraction of sp³-hybridized carbons (Fsp3) is 0.625. The molecule has 0 radical (unpaired) electrons. The van der Waals surface area contributed by atoms with Crippen LogP contribution >= 0.6 is 0 Å². The fourth-order valence-electron chi connectivity index (χ4n) is 3.25. The zero-order valence-electron chi connectivity index (χ0n) is 13.4. The van der Waals surface area contributed by atoms with Crippen LogP contribution in [0.1, 0.15) is 36.5 Å². The Kier molecular flexibility index (Phi) is 4.57. The van der Waals surface area contributed by atoms with Gasteiger partial charge in [-0.15, -0.1) is 0 Å². The molecular weight excluding hydrogens is 314 g/mol. The molecule has 1 saturated carbocycles. The van der Waals surface area contributed by atoms with Crippen LogP contribution in [0.15, 0.2) is 18.3 Å². The van der Waals surface area contributed by atoms with Gasteiger partial charge in [0.25, 0.3) is 5.91 Å². The maximum atomic E-state index is 12.4. The number of nitrogens with one attached hydrogen (secondary N) is 1. The van der Waals surface area contributed by atoms with Crippen molar-refractivity contribution >= 4 is 21.6 Å². The lowest BCUT2D eigenvalue weighted by atomic mass is 10.1. The molecule has 2 heterocycles. The Morgan fingerprint density at radius 3 is 2.57 bits per heavy atom. The molecular formula is C16H23N3O3S. The normalized spacial score (nSPS) is 26.9. The summed E-state index contributed by atoms with van der Waals surface area (Å²) < 4.78 is 22.9. The summed E-state index contributed by atoms with van der Waals surface area (Å²) in [6, 6.07) is 4.05. The Morgan fingerprint density at radius 1 is 1.26 bits per heavy atom. The third-order valence-electron chi connectivity index (χ3n) is 4.84. The minimum Gasteiger partial charge on any atom is -0.367 e. The van der Waals surface area contributed by atoms with Gasteiger partial charge in [-0.05, 0) is 30.9 Å². The third kappa shape index (κ3) is 3.83. The number of anilines is 1. The number of amides is 1. The molecule has 3 rings (SSSR count). The van der Waals surface area contributed by atoms with E-state index in [2.05, 4.69) is 17.2 Å². The van der Waals surface area contributed by atoms with Crippen molar-refractivity contribution in [3.05, 3.63) is 23.9 Å². The average Bonchev–Trinajstić information content (AvgIpc) is 2.93. The van der Waals surface area contributed by atoms with Crippen LogP contribution in [0.3, 0.4) is 0 Å². The molecule has 2 unspecified atom stereocenters. The van der Waals surface area contributed by atoms with Crippen LogP contribution in [0.5, 0.6) is 0 Å². The van der Waals surface area contributed by atoms with Gasteiger partial charge in [-0.1, -0.05) is 13.3 Å². The number of aromatic nitrogens is 1. The van der Waals surface area contributed by atoms with E-state index in [1.54, 1.807) is 17.2 Å². The molecule has 1 aliphatic heterocycles. The van der Waals surface area contributed by atoms with Gasteiger partial charge < -0.3 is 10.2 Å². The quantitative estimate of drug-likeness (QED) is 0.905. The van der Waals surface area contributed by atoms with Crippen LogP contribution in [0.2, 0.25) is 0 Å². The number of sulfone groups is 1. The highest BCUT2D eigenvalue weighted by Gasteiger charge is 2.26. The number of nitrogens with zero attached hydrogens (tertiary/aromatic N) is 2. The van der Waals surface area contributed by atoms with Crippen molar-refractivity contribution in [1.82, 2.24) is 9.88 Å². The third-order valence-corrected chi connectivity index (χ3v) is 6.45. The Labute approximate surface area is 137 Å². The summed E-state index contributed by atoms with van der Waals surface area (Å²) in [7, 11) is -2.98. The number of pyridine rings is 1. The first-order valence-corrected chi connectivity index (χ1v) is 9.99. The van der Waals surface area contributed by atoms with Gasteiger partial charge in [-0.2, -0.15) is 0 Å². The van der Waals surface area contributed by atoms with Gasteiger partial charge in [0.05, 0.1) is 17.1 Å². The second-order valence-electron chi connectivity index (χ2n) is 6.54. The van der Waals surface area contributed by atoms with E-state index in [1.165, 1.54) is 12.8 Å². The Bertz CT molecular complexity index is 658. The average molecular weight is 337 g/mol. The topological polar surface area (TPSA) is 79.4 Å². The van der Waals surface area contributed by atoms with E-state index in [-0.39, 0.29) is 30.5 Å². The van der Waals surface area contributed by atoms with Gasteiger partial charge in [0.2, 0.25) is 0 Å². The lowest BCUT2D eigenvalue weighted by molar-refractivity contribution is 0.0770. The monoisotopic (exact) mass is 337 g/mol. The first kappa shape index (κ1) is 16.2. The van der Waals surface area contributed by atoms with Crippen molar-refractivity contribution < 1.29 is 13.2 Å². The summed E-state index contributed by atoms with van der Waals surface area (Å²) in [5.41, 5.74) is 0.509. The van der Waals surface area contributed by atoms with Gasteiger partial charge >= 0.3 is 0 Å². The largest absolute Gasteiger partial charge is 0.367 e. The second-order valence-corrected chi connectivity index (χ2v) is 8.84. The highest BCUT2D eigenvalue weighted by molar-refractivity contribution is 7.91. The Hall–Kier alpha value is -1.63. The van der Waals surface area contributed by atoms with Gasteiger partial charge in [0, 0.05) is 25.3 Å². The van der Waals surface area contributed by atoms with Crippen molar-refractivity contribution in [3.63, 3.8) is 0 Å². The first-order chi connectivity index (χ1) is 10.9. The molecule has 1 aromatic rings. The van der Waals surface area contributed by atoms with E-state index >= 15 is 0 Å². The van der Waals surface area contributed by atoms with Gasteiger partial charge in [-0.3, -0.25) is 4.79 Å². The molecule has 2 fully saturated rings. The Balaban J connectivity index is 1.61. The minimum absolute atomic E-state index is 0.0470. The molecule has 7 heteroatoms. The summed E-state index contributed by atoms with van der Waals surface area (Å²) in [6.07, 6.45) is 5.22. The van der Waals surface area contributed by atoms with E-state index in [9.17, 15) is 13.2 Å². The molecule has 2 aliphatic rings. The summed E-state index contributed by atoms with van der Waals surface area (Å²) >= 11 is 0. The molecule has 1 aromatic heterocycles. The molecule has 1 saturated heterocycles. The zero-order valence-corrected chi connectivity index (χ0v) is 14.2. The molecule has 126 valence electrons. The molecule has 0 aromatic carbocycles. The van der Waals surface area contributed by atoms with Crippen molar-refractivity contribution in [3.8, 4) is 0 Å². The molecule has 6 nitrogen and oxygen atoms in total. The molecule has 1 N–H and O–H groups in total. The molecule has 0 bridgehead atoms. The van der Waals surface area contributed by atoms with E-state index in [0.717, 1.165) is 12.2 Å². The van der Waals surface area contributed by atoms with E-state index in [4.69, 9.17) is 0 Å². The smallest absolute Gasteiger partial charge is 0.255 e. The number of hydrogen-bond donors (Lipinski definition) is 1. The maximum Gasteiger partial charge on any atom is 0.255 e. The van der Waals surface area contributed by atoms with Gasteiger partial charge in [0.15, 0.2) is 9.84 Å². The summed E-state index contributed by atoms with van der Waals surface area (Å²) in [5, 5.41) is 3.43. The standard InChI is InChI=1S/C16H23N3O3S/c1-12-3-2-4-14(12)18-15-6-5-13(11-17-15)16(20)19-7-9-23(21,22)10-8-19/h5-6,11-12,14H,2-4,7-10H2,1H3,(H,17,18). The second kappa shape index (κ2) is 6.47. The summed E-state index contributed by atoms with van der Waals surface area (Å²) in [6.45, 7) is 2.77. The van der Waals surface area contributed by atoms with Crippen LogP contribution in [0, 0.1) is 5.92 Å². The van der Waals surface area contributed by atoms with Crippen LogP contribution in [-0.2, 0) is 9.84 Å². The van der Waals surface area contributed by atoms with Crippen molar-refractivity contribution in [2.24, 2.45) is 5.92 Å². The minimum atomic E-state index is -2.98. The Morgan fingerprint density at radius 2 is 2.00 bits per heavy atom. The van der Waals surface area contributed by atoms with Crippen molar-refractivity contribution in [2.45, 2.75) is 32.2 Å². The highest BCUT2D eigenvalue weighted by Crippen LogP contribution is 2.27. The molecule has 2 atom stereocenters. The van der Waals surface area contributed by atoms with Gasteiger partial charge in [0.1, 0.15) is 5.82 Å². The van der Waals surface area contributed by atoms with E-state index in [0.29, 0.717) is 17.5 Å². The highest BCUT2D eigenvalue weighted by atomic mass is 32.2. The molecule has 1 amide bonds. The van der Waals surface area contributed by atoms with E-state index in [1.807, 2.05) is 6.07 Å². The maximum absolute atomic E-state index is 12.4. The van der Waals surface area contributed by atoms with E-state index < -0.39 is 9.84 Å². The number of hydrogen-bond acceptors (Lipinski definition) is 5. The predicted molar refractivity (Wildman–Crippen MR) is 89.2 cm³/mol. The SMILES string of the molecule is CC1CCCC1Nc1ccc(C(=O)N2CCS(=O)(=O)CC2)cn1. The number of rotatable bonds is 3. The van der Waals surface area contributed by atoms with Crippen LogP contribution in [-0.4, -0.2) is 54.8 Å². The predicted octanol–water partition coefficient (Wildman–Crippen LogP) is 1.55. The summed E-state index contributed by atoms with van der Waals surface area (Å²) in [4.78, 5) is 18.3. The zero-order chi connectivity index (χ0) is 16.4. The molecule has 23 heavy (non-hydrogen) atoms. The number of carbonyl (C=O) groups excluding carboxylic acids is 1. The lowest BCUT2D eigenvalue weighted by Gasteiger charge is -2.26. The summed E-state index contributed by atoms with van der Waals surface area (Å²) in [5.74, 6) is 1.39. The molecule has 0 spiro atoms. The number of carbonyl (C=O) groups is 1. The van der Waals surface area contributed by atoms with Crippen molar-refractivity contribution in [1.29, 1.82) is 0 Å². The molecule has 1 aliphatic carbocycles. The fourth-order valence-corrected chi connectivity index (χ4v) is 4.45. The van der Waals surface area contributed by atoms with Crippen LogP contribution < -0.4 is 5.32 Å². The van der Waals surface area contributed by atoms with Gasteiger partial charge in [-0.25, -0.2) is 13.4 Å². The first-order valence-electron chi connectivity index (χ1n) is 8.17. The lowest BCUT2D eigenvalue weighted by Crippen LogP contribution is -2.43. The van der Waals surface area contributed by atoms with Crippen molar-refractivity contribution in [2.75, 3.05) is 29.9 Å².